The van der Waals surface area contributed by atoms with Crippen molar-refractivity contribution in [1.82, 2.24) is 9.88 Å². The molecule has 1 aliphatic rings. The lowest BCUT2D eigenvalue weighted by Crippen LogP contribution is -2.39. The highest BCUT2D eigenvalue weighted by Gasteiger charge is 2.25. The summed E-state index contributed by atoms with van der Waals surface area (Å²) in [6, 6.07) is 16.9. The number of pyridine rings is 1. The van der Waals surface area contributed by atoms with Crippen LogP contribution in [0.15, 0.2) is 59.5 Å². The number of aromatic nitrogens is 1. The largest absolute Gasteiger partial charge is 0.337 e. The van der Waals surface area contributed by atoms with Gasteiger partial charge in [-0.25, -0.2) is 9.37 Å². The van der Waals surface area contributed by atoms with Crippen LogP contribution in [0, 0.1) is 12.7 Å². The summed E-state index contributed by atoms with van der Waals surface area (Å²) in [6.07, 6.45) is 1.90. The lowest BCUT2D eigenvalue weighted by atomic mass is 10.1. The van der Waals surface area contributed by atoms with Gasteiger partial charge in [-0.3, -0.25) is 4.79 Å². The van der Waals surface area contributed by atoms with Gasteiger partial charge >= 0.3 is 0 Å². The Morgan fingerprint density at radius 1 is 1.07 bits per heavy atom. The number of hydrogen-bond acceptors (Lipinski definition) is 3. The van der Waals surface area contributed by atoms with E-state index in [0.29, 0.717) is 29.4 Å². The molecule has 0 N–H and O–H groups in total. The summed E-state index contributed by atoms with van der Waals surface area (Å²) in [4.78, 5) is 20.2. The molecule has 1 aliphatic heterocycles. The molecule has 0 atom stereocenters. The first-order valence-corrected chi connectivity index (χ1v) is 10.1. The summed E-state index contributed by atoms with van der Waals surface area (Å²) in [5, 5.41) is 1.22. The maximum Gasteiger partial charge on any atom is 0.272 e. The SMILES string of the molecule is Cc1ccc(SC2CCN(C(=O)c3ccc4cccc(F)c4n3)CC2)cc1. The second kappa shape index (κ2) is 7.69. The van der Waals surface area contributed by atoms with Crippen LogP contribution in [0.3, 0.4) is 0 Å². The zero-order valence-corrected chi connectivity index (χ0v) is 16.0. The second-order valence-electron chi connectivity index (χ2n) is 6.93. The quantitative estimate of drug-likeness (QED) is 0.635. The van der Waals surface area contributed by atoms with Crippen molar-refractivity contribution in [3.8, 4) is 0 Å². The van der Waals surface area contributed by atoms with E-state index in [-0.39, 0.29) is 11.4 Å². The third-order valence-electron chi connectivity index (χ3n) is 4.94. The van der Waals surface area contributed by atoms with Gasteiger partial charge in [-0.05, 0) is 44.0 Å². The highest BCUT2D eigenvalue weighted by atomic mass is 32.2. The van der Waals surface area contributed by atoms with Gasteiger partial charge in [0.05, 0.1) is 0 Å². The number of carbonyl (C=O) groups is 1. The highest BCUT2D eigenvalue weighted by molar-refractivity contribution is 8.00. The third-order valence-corrected chi connectivity index (χ3v) is 6.29. The van der Waals surface area contributed by atoms with Crippen LogP contribution in [-0.4, -0.2) is 34.1 Å². The molecule has 0 unspecified atom stereocenters. The average molecular weight is 380 g/mol. The van der Waals surface area contributed by atoms with Gasteiger partial charge in [0.2, 0.25) is 0 Å². The number of para-hydroxylation sites is 1. The van der Waals surface area contributed by atoms with Crippen LogP contribution in [0.4, 0.5) is 4.39 Å². The Kier molecular flexibility index (Phi) is 5.12. The van der Waals surface area contributed by atoms with E-state index >= 15 is 0 Å². The first kappa shape index (κ1) is 18.0. The average Bonchev–Trinajstić information content (AvgIpc) is 2.70. The van der Waals surface area contributed by atoms with E-state index in [0.717, 1.165) is 12.8 Å². The number of amides is 1. The number of likely N-dealkylation sites (tertiary alicyclic amines) is 1. The number of carbonyl (C=O) groups excluding carboxylic acids is 1. The standard InChI is InChI=1S/C22H21FN2OS/c1-15-5-8-17(9-6-15)27-18-11-13-25(14-12-18)22(26)20-10-7-16-3-2-4-19(23)21(16)24-20/h2-10,18H,11-14H2,1H3. The summed E-state index contributed by atoms with van der Waals surface area (Å²) < 4.78 is 14.0. The lowest BCUT2D eigenvalue weighted by Gasteiger charge is -2.31. The molecule has 0 spiro atoms. The Morgan fingerprint density at radius 2 is 1.81 bits per heavy atom. The van der Waals surface area contributed by atoms with Crippen LogP contribution in [0.25, 0.3) is 10.9 Å². The maximum absolute atomic E-state index is 14.0. The fourth-order valence-electron chi connectivity index (χ4n) is 3.38. The van der Waals surface area contributed by atoms with Crippen molar-refractivity contribution in [2.45, 2.75) is 29.9 Å². The number of fused-ring (bicyclic) bond motifs is 1. The van der Waals surface area contributed by atoms with Gasteiger partial charge in [0.1, 0.15) is 17.0 Å². The lowest BCUT2D eigenvalue weighted by molar-refractivity contribution is 0.0722. The minimum absolute atomic E-state index is 0.112. The van der Waals surface area contributed by atoms with E-state index in [9.17, 15) is 9.18 Å². The number of aryl methyl sites for hydroxylation is 1. The van der Waals surface area contributed by atoms with Crippen molar-refractivity contribution in [2.24, 2.45) is 0 Å². The van der Waals surface area contributed by atoms with Crippen molar-refractivity contribution in [2.75, 3.05) is 13.1 Å². The molecule has 0 aliphatic carbocycles. The van der Waals surface area contributed by atoms with Gasteiger partial charge in [-0.2, -0.15) is 0 Å². The molecule has 4 rings (SSSR count). The second-order valence-corrected chi connectivity index (χ2v) is 8.30. The number of halogens is 1. The number of thioether (sulfide) groups is 1. The van der Waals surface area contributed by atoms with Gasteiger partial charge in [0, 0.05) is 28.6 Å². The van der Waals surface area contributed by atoms with Crippen molar-refractivity contribution < 1.29 is 9.18 Å². The van der Waals surface area contributed by atoms with Crippen molar-refractivity contribution in [3.63, 3.8) is 0 Å². The van der Waals surface area contributed by atoms with E-state index in [4.69, 9.17) is 0 Å². The fraction of sp³-hybridized carbons (Fsp3) is 0.273. The molecule has 2 heterocycles. The zero-order valence-electron chi connectivity index (χ0n) is 15.2. The monoisotopic (exact) mass is 380 g/mol. The molecule has 0 saturated carbocycles. The molecule has 27 heavy (non-hydrogen) atoms. The summed E-state index contributed by atoms with van der Waals surface area (Å²) in [7, 11) is 0. The van der Waals surface area contributed by atoms with Crippen LogP contribution < -0.4 is 0 Å². The van der Waals surface area contributed by atoms with Gasteiger partial charge in [0.25, 0.3) is 5.91 Å². The molecule has 0 bridgehead atoms. The van der Waals surface area contributed by atoms with E-state index < -0.39 is 5.82 Å². The Balaban J connectivity index is 1.41. The minimum Gasteiger partial charge on any atom is -0.337 e. The molecule has 138 valence electrons. The first-order chi connectivity index (χ1) is 13.1. The molecule has 5 heteroatoms. The van der Waals surface area contributed by atoms with Gasteiger partial charge < -0.3 is 4.90 Å². The predicted molar refractivity (Wildman–Crippen MR) is 108 cm³/mol. The van der Waals surface area contributed by atoms with Gasteiger partial charge in [-0.1, -0.05) is 35.9 Å². The van der Waals surface area contributed by atoms with Crippen molar-refractivity contribution in [3.05, 3.63) is 71.7 Å². The molecular formula is C22H21FN2OS. The van der Waals surface area contributed by atoms with Crippen LogP contribution in [0.5, 0.6) is 0 Å². The first-order valence-electron chi connectivity index (χ1n) is 9.18. The van der Waals surface area contributed by atoms with Crippen LogP contribution in [-0.2, 0) is 0 Å². The molecular weight excluding hydrogens is 359 g/mol. The smallest absolute Gasteiger partial charge is 0.272 e. The van der Waals surface area contributed by atoms with E-state index in [1.54, 1.807) is 24.3 Å². The molecule has 2 aromatic carbocycles. The van der Waals surface area contributed by atoms with E-state index in [1.807, 2.05) is 16.7 Å². The summed E-state index contributed by atoms with van der Waals surface area (Å²) in [6.45, 7) is 3.50. The van der Waals surface area contributed by atoms with Crippen LogP contribution >= 0.6 is 11.8 Å². The molecule has 1 fully saturated rings. The molecule has 3 nitrogen and oxygen atoms in total. The van der Waals surface area contributed by atoms with Gasteiger partial charge in [0.15, 0.2) is 0 Å². The van der Waals surface area contributed by atoms with Gasteiger partial charge in [-0.15, -0.1) is 11.8 Å². The Morgan fingerprint density at radius 3 is 2.56 bits per heavy atom. The number of hydrogen-bond donors (Lipinski definition) is 0. The number of nitrogens with zero attached hydrogens (tertiary/aromatic N) is 2. The molecule has 1 saturated heterocycles. The predicted octanol–water partition coefficient (Wildman–Crippen LogP) is 5.08. The molecule has 0 radical (unpaired) electrons. The van der Waals surface area contributed by atoms with E-state index in [1.165, 1.54) is 16.5 Å². The van der Waals surface area contributed by atoms with Crippen molar-refractivity contribution in [1.29, 1.82) is 0 Å². The van der Waals surface area contributed by atoms with Crippen LogP contribution in [0.2, 0.25) is 0 Å². The highest BCUT2D eigenvalue weighted by Crippen LogP contribution is 2.31. The Hall–Kier alpha value is -2.40. The summed E-state index contributed by atoms with van der Waals surface area (Å²) in [5.41, 5.74) is 1.84. The summed E-state index contributed by atoms with van der Waals surface area (Å²) >= 11 is 1.88. The van der Waals surface area contributed by atoms with E-state index in [2.05, 4.69) is 36.2 Å². The molecule has 3 aromatic rings. The summed E-state index contributed by atoms with van der Waals surface area (Å²) in [5.74, 6) is -0.505. The Labute approximate surface area is 162 Å². The fourth-order valence-corrected chi connectivity index (χ4v) is 4.50. The Bertz CT molecular complexity index is 966. The third kappa shape index (κ3) is 3.98. The zero-order chi connectivity index (χ0) is 18.8. The maximum atomic E-state index is 14.0. The normalized spacial score (nSPS) is 15.3. The molecule has 1 amide bonds. The topological polar surface area (TPSA) is 33.2 Å². The van der Waals surface area contributed by atoms with Crippen LogP contribution in [0.1, 0.15) is 28.9 Å². The number of piperidine rings is 1. The molecule has 1 aromatic heterocycles. The van der Waals surface area contributed by atoms with Crippen molar-refractivity contribution >= 4 is 28.6 Å². The minimum atomic E-state index is -0.393. The number of rotatable bonds is 3. The number of benzene rings is 2.